The number of aromatic nitrogens is 4. The number of carbonyl (C=O) groups excluding carboxylic acids is 1. The summed E-state index contributed by atoms with van der Waals surface area (Å²) in [6.07, 6.45) is 10.4. The molecule has 11 nitrogen and oxygen atoms in total. The number of aliphatic hydroxyl groups excluding tert-OH is 2. The summed E-state index contributed by atoms with van der Waals surface area (Å²) in [4.78, 5) is 16.6. The lowest BCUT2D eigenvalue weighted by molar-refractivity contribution is -0.203. The first kappa shape index (κ1) is 31.4. The van der Waals surface area contributed by atoms with Gasteiger partial charge in [0.25, 0.3) is 10.0 Å². The maximum atomic E-state index is 12.8. The third-order valence-electron chi connectivity index (χ3n) is 12.5. The molecule has 1 amide bonds. The molecule has 4 saturated carbocycles. The van der Waals surface area contributed by atoms with Gasteiger partial charge < -0.3 is 14.9 Å². The second-order valence-corrected chi connectivity index (χ2v) is 16.2. The number of ether oxygens (including phenoxy) is 1. The van der Waals surface area contributed by atoms with Crippen LogP contribution in [0, 0.1) is 52.3 Å². The molecular formula is C32H47N5O6S. The molecule has 12 heteroatoms. The molecule has 0 aromatic carbocycles. The number of hydrogen-bond donors (Lipinski definition) is 3. The molecule has 0 spiro atoms. The normalized spacial score (nSPS) is 39.0. The molecule has 4 fully saturated rings. The lowest BCUT2D eigenvalue weighted by atomic mass is 9.41. The number of rotatable bonds is 7. The Morgan fingerprint density at radius 2 is 1.86 bits per heavy atom. The molecule has 6 rings (SSSR count). The van der Waals surface area contributed by atoms with Gasteiger partial charge in [0.1, 0.15) is 4.90 Å². The van der Waals surface area contributed by atoms with Gasteiger partial charge >= 0.3 is 6.09 Å². The quantitative estimate of drug-likeness (QED) is 0.405. The molecule has 3 N–H and O–H groups in total. The zero-order valence-electron chi connectivity index (χ0n) is 26.2. The molecule has 11 atom stereocenters. The second kappa shape index (κ2) is 11.7. The first-order valence-electron chi connectivity index (χ1n) is 16.3. The molecule has 4 aliphatic rings. The van der Waals surface area contributed by atoms with Crippen molar-refractivity contribution < 1.29 is 28.2 Å². The van der Waals surface area contributed by atoms with Crippen LogP contribution in [-0.2, 0) is 14.8 Å². The molecule has 2 heterocycles. The minimum absolute atomic E-state index is 0.0145. The molecule has 4 aliphatic carbocycles. The molecule has 0 radical (unpaired) electrons. The van der Waals surface area contributed by atoms with Crippen LogP contribution in [0.5, 0.6) is 0 Å². The topological polar surface area (TPSA) is 157 Å². The fourth-order valence-corrected chi connectivity index (χ4v) is 11.3. The average molecular weight is 630 g/mol. The number of amides is 1. The van der Waals surface area contributed by atoms with Crippen LogP contribution in [0.2, 0.25) is 0 Å². The van der Waals surface area contributed by atoms with E-state index in [0.29, 0.717) is 29.5 Å². The first-order valence-corrected chi connectivity index (χ1v) is 17.8. The van der Waals surface area contributed by atoms with Crippen molar-refractivity contribution in [3.8, 4) is 5.82 Å². The maximum absolute atomic E-state index is 12.8. The number of fused-ring (bicyclic) bond motifs is 5. The van der Waals surface area contributed by atoms with Crippen LogP contribution in [0.3, 0.4) is 0 Å². The van der Waals surface area contributed by atoms with Crippen molar-refractivity contribution in [3.05, 3.63) is 30.7 Å². The predicted octanol–water partition coefficient (Wildman–Crippen LogP) is 4.34. The molecule has 242 valence electrons. The van der Waals surface area contributed by atoms with Gasteiger partial charge in [-0.1, -0.05) is 39.3 Å². The van der Waals surface area contributed by atoms with Gasteiger partial charge in [0, 0.05) is 6.20 Å². The van der Waals surface area contributed by atoms with Crippen molar-refractivity contribution in [2.75, 3.05) is 6.61 Å². The lowest BCUT2D eigenvalue weighted by Crippen LogP contribution is -2.62. The van der Waals surface area contributed by atoms with E-state index in [0.717, 1.165) is 57.6 Å². The van der Waals surface area contributed by atoms with E-state index in [1.165, 1.54) is 23.0 Å². The Balaban J connectivity index is 1.10. The van der Waals surface area contributed by atoms with Crippen LogP contribution in [0.25, 0.3) is 5.82 Å². The van der Waals surface area contributed by atoms with Gasteiger partial charge in [-0.25, -0.2) is 27.6 Å². The van der Waals surface area contributed by atoms with Gasteiger partial charge in [0.2, 0.25) is 0 Å². The smallest absolute Gasteiger partial charge is 0.421 e. The molecule has 44 heavy (non-hydrogen) atoms. The number of pyridine rings is 1. The van der Waals surface area contributed by atoms with E-state index in [9.17, 15) is 23.4 Å². The molecule has 0 aliphatic heterocycles. The summed E-state index contributed by atoms with van der Waals surface area (Å²) in [5.41, 5.74) is 0.161. The van der Waals surface area contributed by atoms with Gasteiger partial charge in [0.15, 0.2) is 5.82 Å². The van der Waals surface area contributed by atoms with E-state index in [1.54, 1.807) is 6.20 Å². The highest BCUT2D eigenvalue weighted by molar-refractivity contribution is 7.90. The standard InChI is InChI=1S/C32H47N5O6S/c1-5-22-26-16-20(38)10-12-32(26,4)25-11-13-31(3)23(7-8-24(31)28(25)29(22)39)19(2)18-43-30(40)35-44(41,42)21-6-9-27(33-17-21)37-15-14-34-36-37/h6,9,14-15,17,19-20,22-26,28-29,38-39H,5,7-8,10-13,16,18H2,1-4H3,(H,35,40)/t19-,20-,22-,23-,24+,25+,26+,28+,29-,31-,32-/m1/s1. The summed E-state index contributed by atoms with van der Waals surface area (Å²) >= 11 is 0. The lowest BCUT2D eigenvalue weighted by Gasteiger charge is -2.64. The summed E-state index contributed by atoms with van der Waals surface area (Å²) in [6, 6.07) is 2.83. The van der Waals surface area contributed by atoms with E-state index in [1.807, 2.05) is 4.72 Å². The van der Waals surface area contributed by atoms with Gasteiger partial charge in [0.05, 0.1) is 31.2 Å². The van der Waals surface area contributed by atoms with Crippen LogP contribution in [-0.4, -0.2) is 63.5 Å². The van der Waals surface area contributed by atoms with E-state index < -0.39 is 16.1 Å². The Hall–Kier alpha value is -2.57. The van der Waals surface area contributed by atoms with Gasteiger partial charge in [-0.2, -0.15) is 0 Å². The SMILES string of the molecule is CC[C@H]1[C@@H](O)[C@@H]2[C@H](CC[C@]3(C)[C@@H]([C@H](C)COC(=O)NS(=O)(=O)c4ccc(-n5ccnn5)nc4)CC[C@@H]23)[C@@]2(C)CC[C@@H](O)C[C@@H]12. The van der Waals surface area contributed by atoms with Crippen LogP contribution in [0.1, 0.15) is 79.1 Å². The van der Waals surface area contributed by atoms with E-state index in [-0.39, 0.29) is 52.3 Å². The van der Waals surface area contributed by atoms with Crippen molar-refractivity contribution in [2.24, 2.45) is 52.3 Å². The van der Waals surface area contributed by atoms with Gasteiger partial charge in [-0.05, 0) is 109 Å². The Bertz CT molecular complexity index is 1440. The average Bonchev–Trinajstić information content (AvgIpc) is 3.65. The van der Waals surface area contributed by atoms with Crippen molar-refractivity contribution in [1.29, 1.82) is 0 Å². The van der Waals surface area contributed by atoms with E-state index >= 15 is 0 Å². The zero-order valence-corrected chi connectivity index (χ0v) is 27.0. The molecular weight excluding hydrogens is 582 g/mol. The Morgan fingerprint density at radius 3 is 2.55 bits per heavy atom. The summed E-state index contributed by atoms with van der Waals surface area (Å²) in [5, 5.41) is 30.0. The number of carbonyl (C=O) groups is 1. The highest BCUT2D eigenvalue weighted by Gasteiger charge is 2.64. The van der Waals surface area contributed by atoms with E-state index in [2.05, 4.69) is 43.0 Å². The van der Waals surface area contributed by atoms with Gasteiger partial charge in [-0.15, -0.1) is 5.10 Å². The maximum Gasteiger partial charge on any atom is 0.421 e. The second-order valence-electron chi connectivity index (χ2n) is 14.5. The van der Waals surface area contributed by atoms with Crippen molar-refractivity contribution in [1.82, 2.24) is 24.7 Å². The van der Waals surface area contributed by atoms with Crippen LogP contribution >= 0.6 is 0 Å². The molecule has 0 saturated heterocycles. The van der Waals surface area contributed by atoms with Crippen LogP contribution < -0.4 is 4.72 Å². The number of nitrogens with one attached hydrogen (secondary N) is 1. The molecule has 0 unspecified atom stereocenters. The Labute approximate surface area is 260 Å². The summed E-state index contributed by atoms with van der Waals surface area (Å²) in [5.74, 6) is 2.39. The van der Waals surface area contributed by atoms with Crippen LogP contribution in [0.15, 0.2) is 35.6 Å². The molecule has 2 aromatic heterocycles. The minimum atomic E-state index is -4.17. The van der Waals surface area contributed by atoms with Crippen molar-refractivity contribution in [2.45, 2.75) is 96.2 Å². The van der Waals surface area contributed by atoms with Crippen LogP contribution in [0.4, 0.5) is 4.79 Å². The highest BCUT2D eigenvalue weighted by atomic mass is 32.2. The fraction of sp³-hybridized carbons (Fsp3) is 0.750. The minimum Gasteiger partial charge on any atom is -0.449 e. The third-order valence-corrected chi connectivity index (χ3v) is 13.8. The summed E-state index contributed by atoms with van der Waals surface area (Å²) in [7, 11) is -4.17. The summed E-state index contributed by atoms with van der Waals surface area (Å²) < 4.78 is 34.5. The summed E-state index contributed by atoms with van der Waals surface area (Å²) in [6.45, 7) is 9.20. The third kappa shape index (κ3) is 5.24. The fourth-order valence-electron chi connectivity index (χ4n) is 10.5. The number of hydrogen-bond acceptors (Lipinski definition) is 9. The van der Waals surface area contributed by atoms with E-state index in [4.69, 9.17) is 4.74 Å². The highest BCUT2D eigenvalue weighted by Crippen LogP contribution is 2.69. The number of aliphatic hydroxyl groups is 2. The van der Waals surface area contributed by atoms with Crippen molar-refractivity contribution >= 4 is 16.1 Å². The monoisotopic (exact) mass is 629 g/mol. The first-order chi connectivity index (χ1) is 20.9. The Morgan fingerprint density at radius 1 is 1.11 bits per heavy atom. The largest absolute Gasteiger partial charge is 0.449 e. The number of sulfonamides is 1. The Kier molecular flexibility index (Phi) is 8.32. The van der Waals surface area contributed by atoms with Gasteiger partial charge in [-0.3, -0.25) is 0 Å². The molecule has 0 bridgehead atoms. The predicted molar refractivity (Wildman–Crippen MR) is 162 cm³/mol. The zero-order chi connectivity index (χ0) is 31.4. The number of nitrogens with zero attached hydrogens (tertiary/aromatic N) is 4. The molecule has 2 aromatic rings. The van der Waals surface area contributed by atoms with Crippen molar-refractivity contribution in [3.63, 3.8) is 0 Å².